The van der Waals surface area contributed by atoms with Crippen LogP contribution in [0.15, 0.2) is 0 Å². The molecule has 4 nitrogen and oxygen atoms in total. The summed E-state index contributed by atoms with van der Waals surface area (Å²) in [5, 5.41) is 9.40. The molecule has 0 amide bonds. The second-order valence-electron chi connectivity index (χ2n) is 8.23. The number of carbonyl (C=O) groups is 1. The van der Waals surface area contributed by atoms with E-state index < -0.39 is 5.97 Å². The third kappa shape index (κ3) is 3.98. The molecule has 0 aromatic heterocycles. The molecule has 21 heavy (non-hydrogen) atoms. The van der Waals surface area contributed by atoms with Crippen molar-refractivity contribution in [3.05, 3.63) is 0 Å². The number of aliphatic carboxylic acids is 1. The fourth-order valence-electron chi connectivity index (χ4n) is 4.19. The van der Waals surface area contributed by atoms with Crippen molar-refractivity contribution >= 4 is 5.97 Å². The fourth-order valence-corrected chi connectivity index (χ4v) is 4.19. The van der Waals surface area contributed by atoms with E-state index in [2.05, 4.69) is 37.6 Å². The van der Waals surface area contributed by atoms with Crippen molar-refractivity contribution in [1.82, 2.24) is 9.80 Å². The Bertz CT molecular complexity index is 359. The average Bonchev–Trinajstić information content (AvgIpc) is 2.38. The molecule has 2 fully saturated rings. The van der Waals surface area contributed by atoms with Crippen LogP contribution in [-0.4, -0.2) is 59.6 Å². The van der Waals surface area contributed by atoms with Crippen molar-refractivity contribution in [2.45, 2.75) is 58.4 Å². The second-order valence-corrected chi connectivity index (χ2v) is 8.23. The van der Waals surface area contributed by atoms with Crippen molar-refractivity contribution in [1.29, 1.82) is 0 Å². The first-order chi connectivity index (χ1) is 9.73. The first-order valence-electron chi connectivity index (χ1n) is 8.38. The second kappa shape index (κ2) is 6.25. The largest absolute Gasteiger partial charge is 0.481 e. The van der Waals surface area contributed by atoms with Gasteiger partial charge in [0.25, 0.3) is 0 Å². The van der Waals surface area contributed by atoms with E-state index in [9.17, 15) is 9.90 Å². The molecule has 1 aliphatic carbocycles. The molecule has 1 saturated heterocycles. The highest BCUT2D eigenvalue weighted by atomic mass is 16.4. The van der Waals surface area contributed by atoms with Gasteiger partial charge in [-0.1, -0.05) is 20.8 Å². The van der Waals surface area contributed by atoms with Crippen LogP contribution >= 0.6 is 0 Å². The van der Waals surface area contributed by atoms with Crippen LogP contribution in [0.5, 0.6) is 0 Å². The van der Waals surface area contributed by atoms with Gasteiger partial charge < -0.3 is 10.0 Å². The van der Waals surface area contributed by atoms with Crippen molar-refractivity contribution in [3.8, 4) is 0 Å². The van der Waals surface area contributed by atoms with Gasteiger partial charge in [0, 0.05) is 31.7 Å². The van der Waals surface area contributed by atoms with E-state index in [1.54, 1.807) is 0 Å². The van der Waals surface area contributed by atoms with Crippen molar-refractivity contribution < 1.29 is 9.90 Å². The van der Waals surface area contributed by atoms with E-state index in [1.165, 1.54) is 12.8 Å². The molecule has 0 radical (unpaired) electrons. The normalized spacial score (nSPS) is 33.0. The highest BCUT2D eigenvalue weighted by Crippen LogP contribution is 2.45. The topological polar surface area (TPSA) is 43.8 Å². The lowest BCUT2D eigenvalue weighted by molar-refractivity contribution is -0.142. The number of rotatable bonds is 3. The Morgan fingerprint density at radius 1 is 1.14 bits per heavy atom. The lowest BCUT2D eigenvalue weighted by Crippen LogP contribution is -2.58. The number of carboxylic acids is 1. The van der Waals surface area contributed by atoms with Crippen LogP contribution in [0.25, 0.3) is 0 Å². The Kier molecular flexibility index (Phi) is 4.99. The van der Waals surface area contributed by atoms with Crippen LogP contribution in [0.4, 0.5) is 0 Å². The van der Waals surface area contributed by atoms with Gasteiger partial charge in [-0.05, 0) is 44.1 Å². The molecule has 0 aromatic rings. The van der Waals surface area contributed by atoms with Gasteiger partial charge in [0.15, 0.2) is 0 Å². The quantitative estimate of drug-likeness (QED) is 0.869. The van der Waals surface area contributed by atoms with Crippen LogP contribution in [0.3, 0.4) is 0 Å². The van der Waals surface area contributed by atoms with Crippen LogP contribution in [-0.2, 0) is 4.79 Å². The molecule has 2 aliphatic rings. The van der Waals surface area contributed by atoms with E-state index in [1.807, 2.05) is 0 Å². The van der Waals surface area contributed by atoms with E-state index >= 15 is 0 Å². The molecular formula is C17H32N2O2. The Labute approximate surface area is 129 Å². The Hall–Kier alpha value is -0.610. The molecule has 0 spiro atoms. The van der Waals surface area contributed by atoms with Gasteiger partial charge >= 0.3 is 5.97 Å². The van der Waals surface area contributed by atoms with Crippen LogP contribution in [0.1, 0.15) is 52.9 Å². The van der Waals surface area contributed by atoms with E-state index in [4.69, 9.17) is 0 Å². The molecule has 2 rings (SSSR count). The molecule has 4 heteroatoms. The minimum absolute atomic E-state index is 0.0884. The highest BCUT2D eigenvalue weighted by Gasteiger charge is 2.44. The number of nitrogens with zero attached hydrogens (tertiary/aromatic N) is 2. The Morgan fingerprint density at radius 3 is 2.10 bits per heavy atom. The lowest BCUT2D eigenvalue weighted by Gasteiger charge is -2.51. The molecule has 0 aromatic carbocycles. The minimum Gasteiger partial charge on any atom is -0.481 e. The van der Waals surface area contributed by atoms with Crippen LogP contribution < -0.4 is 0 Å². The van der Waals surface area contributed by atoms with E-state index in [0.29, 0.717) is 11.8 Å². The van der Waals surface area contributed by atoms with E-state index in [0.717, 1.165) is 44.9 Å². The predicted molar refractivity (Wildman–Crippen MR) is 85.5 cm³/mol. The van der Waals surface area contributed by atoms with Gasteiger partial charge in [0.2, 0.25) is 0 Å². The van der Waals surface area contributed by atoms with Crippen LogP contribution in [0, 0.1) is 11.3 Å². The van der Waals surface area contributed by atoms with Crippen molar-refractivity contribution in [2.75, 3.05) is 33.2 Å². The maximum Gasteiger partial charge on any atom is 0.305 e. The summed E-state index contributed by atoms with van der Waals surface area (Å²) in [4.78, 5) is 16.2. The first-order valence-corrected chi connectivity index (χ1v) is 8.38. The molecule has 1 heterocycles. The number of piperazine rings is 1. The summed E-state index contributed by atoms with van der Waals surface area (Å²) in [6, 6.07) is 0. The van der Waals surface area contributed by atoms with Gasteiger partial charge in [0.05, 0.1) is 6.42 Å². The summed E-state index contributed by atoms with van der Waals surface area (Å²) in [6.07, 6.45) is 4.75. The summed E-state index contributed by atoms with van der Waals surface area (Å²) in [6.45, 7) is 11.1. The number of hydrogen-bond acceptors (Lipinski definition) is 3. The first kappa shape index (κ1) is 16.8. The maximum atomic E-state index is 11.4. The summed E-state index contributed by atoms with van der Waals surface area (Å²) < 4.78 is 0. The lowest BCUT2D eigenvalue weighted by atomic mass is 9.66. The molecule has 0 atom stereocenters. The zero-order valence-electron chi connectivity index (χ0n) is 14.2. The van der Waals surface area contributed by atoms with Gasteiger partial charge in [-0.2, -0.15) is 0 Å². The monoisotopic (exact) mass is 296 g/mol. The molecule has 1 N–H and O–H groups in total. The molecule has 122 valence electrons. The maximum absolute atomic E-state index is 11.4. The minimum atomic E-state index is -0.636. The summed E-state index contributed by atoms with van der Waals surface area (Å²) in [5.41, 5.74) is 0.256. The molecule has 1 aliphatic heterocycles. The molecule has 0 bridgehead atoms. The number of likely N-dealkylation sites (N-methyl/N-ethyl adjacent to an activating group) is 1. The highest BCUT2D eigenvalue weighted by molar-refractivity contribution is 5.68. The standard InChI is InChI=1S/C17H32N2O2/c1-16(2,3)14-5-7-17(8-6-14,13-15(20)21)19-11-9-18(4)10-12-19/h14H,5-13H2,1-4H3,(H,20,21). The zero-order valence-corrected chi connectivity index (χ0v) is 14.2. The SMILES string of the molecule is CN1CCN(C2(CC(=O)O)CCC(C(C)(C)C)CC2)CC1. The third-order valence-electron chi connectivity index (χ3n) is 5.80. The Morgan fingerprint density at radius 2 is 1.67 bits per heavy atom. The van der Waals surface area contributed by atoms with Crippen molar-refractivity contribution in [3.63, 3.8) is 0 Å². The predicted octanol–water partition coefficient (Wildman–Crippen LogP) is 2.68. The van der Waals surface area contributed by atoms with Gasteiger partial charge in [-0.15, -0.1) is 0 Å². The Balaban J connectivity index is 2.07. The van der Waals surface area contributed by atoms with Crippen molar-refractivity contribution in [2.24, 2.45) is 11.3 Å². The fraction of sp³-hybridized carbons (Fsp3) is 0.941. The molecule has 1 saturated carbocycles. The number of carboxylic acid groups (broad SMARTS) is 1. The zero-order chi connectivity index (χ0) is 15.7. The van der Waals surface area contributed by atoms with Gasteiger partial charge in [-0.3, -0.25) is 9.69 Å². The van der Waals surface area contributed by atoms with E-state index in [-0.39, 0.29) is 5.54 Å². The average molecular weight is 296 g/mol. The summed E-state index contributed by atoms with van der Waals surface area (Å²) >= 11 is 0. The summed E-state index contributed by atoms with van der Waals surface area (Å²) in [5.74, 6) is 0.0926. The number of hydrogen-bond donors (Lipinski definition) is 1. The molecular weight excluding hydrogens is 264 g/mol. The van der Waals surface area contributed by atoms with Gasteiger partial charge in [-0.25, -0.2) is 0 Å². The summed E-state index contributed by atoms with van der Waals surface area (Å²) in [7, 11) is 2.15. The smallest absolute Gasteiger partial charge is 0.305 e. The van der Waals surface area contributed by atoms with Crippen LogP contribution in [0.2, 0.25) is 0 Å². The molecule has 0 unspecified atom stereocenters. The third-order valence-corrected chi connectivity index (χ3v) is 5.80. The van der Waals surface area contributed by atoms with Gasteiger partial charge in [0.1, 0.15) is 0 Å².